The predicted molar refractivity (Wildman–Crippen MR) is 70.9 cm³/mol. The van der Waals surface area contributed by atoms with Gasteiger partial charge in [-0.2, -0.15) is 18.4 Å². The Balaban J connectivity index is 2.21. The summed E-state index contributed by atoms with van der Waals surface area (Å²) < 4.78 is 38.9. The number of nitriles is 1. The van der Waals surface area contributed by atoms with E-state index >= 15 is 0 Å². The molecular weight excluding hydrogens is 279 g/mol. The third kappa shape index (κ3) is 3.80. The zero-order chi connectivity index (χ0) is 15.3. The van der Waals surface area contributed by atoms with Crippen LogP contribution in [-0.4, -0.2) is 4.98 Å². The topological polar surface area (TPSA) is 48.7 Å². The van der Waals surface area contributed by atoms with Crippen molar-refractivity contribution >= 4 is 0 Å². The number of rotatable bonds is 4. The van der Waals surface area contributed by atoms with Gasteiger partial charge in [-0.15, -0.1) is 0 Å². The minimum Gasteiger partial charge on any atom is -0.294 e. The van der Waals surface area contributed by atoms with Gasteiger partial charge in [0.1, 0.15) is 6.04 Å². The van der Waals surface area contributed by atoms with Crippen molar-refractivity contribution in [1.29, 1.82) is 5.26 Å². The van der Waals surface area contributed by atoms with Crippen LogP contribution in [0.5, 0.6) is 0 Å². The maximum atomic E-state index is 13.0. The number of halogens is 3. The first-order valence-electron chi connectivity index (χ1n) is 6.20. The molecule has 108 valence electrons. The van der Waals surface area contributed by atoms with Crippen LogP contribution in [0.2, 0.25) is 0 Å². The summed E-state index contributed by atoms with van der Waals surface area (Å²) in [4.78, 5) is 3.86. The van der Waals surface area contributed by atoms with Crippen molar-refractivity contribution in [2.45, 2.75) is 18.8 Å². The van der Waals surface area contributed by atoms with Gasteiger partial charge in [-0.1, -0.05) is 18.2 Å². The molecule has 2 aromatic rings. The summed E-state index contributed by atoms with van der Waals surface area (Å²) >= 11 is 0. The minimum atomic E-state index is -4.48. The molecule has 21 heavy (non-hydrogen) atoms. The van der Waals surface area contributed by atoms with E-state index in [1.807, 2.05) is 6.07 Å². The van der Waals surface area contributed by atoms with Crippen molar-refractivity contribution in [2.24, 2.45) is 0 Å². The number of pyridine rings is 1. The van der Waals surface area contributed by atoms with E-state index in [1.165, 1.54) is 18.2 Å². The summed E-state index contributed by atoms with van der Waals surface area (Å²) in [5.41, 5.74) is -0.0184. The fourth-order valence-electron chi connectivity index (χ4n) is 1.95. The molecule has 1 heterocycles. The Labute approximate surface area is 120 Å². The van der Waals surface area contributed by atoms with E-state index in [-0.39, 0.29) is 12.1 Å². The van der Waals surface area contributed by atoms with Gasteiger partial charge < -0.3 is 0 Å². The Morgan fingerprint density at radius 2 is 1.81 bits per heavy atom. The molecule has 0 aliphatic carbocycles. The Morgan fingerprint density at radius 3 is 2.43 bits per heavy atom. The first kappa shape index (κ1) is 15.0. The number of hydrogen-bond acceptors (Lipinski definition) is 3. The molecule has 3 nitrogen and oxygen atoms in total. The van der Waals surface area contributed by atoms with Gasteiger partial charge in [0.05, 0.1) is 11.6 Å². The second-order valence-electron chi connectivity index (χ2n) is 4.38. The second-order valence-corrected chi connectivity index (χ2v) is 4.38. The van der Waals surface area contributed by atoms with E-state index in [9.17, 15) is 13.2 Å². The minimum absolute atomic E-state index is 0.0680. The van der Waals surface area contributed by atoms with Crippen LogP contribution in [0.4, 0.5) is 13.2 Å². The van der Waals surface area contributed by atoms with Crippen LogP contribution in [-0.2, 0) is 12.7 Å². The van der Waals surface area contributed by atoms with E-state index in [4.69, 9.17) is 5.26 Å². The third-order valence-electron chi connectivity index (χ3n) is 2.97. The number of nitrogens with zero attached hydrogens (tertiary/aromatic N) is 2. The maximum absolute atomic E-state index is 13.0. The van der Waals surface area contributed by atoms with Crippen LogP contribution in [0.1, 0.15) is 22.7 Å². The first-order chi connectivity index (χ1) is 10.0. The van der Waals surface area contributed by atoms with Gasteiger partial charge in [-0.25, -0.2) is 0 Å². The molecule has 2 rings (SSSR count). The van der Waals surface area contributed by atoms with Crippen molar-refractivity contribution in [3.63, 3.8) is 0 Å². The summed E-state index contributed by atoms with van der Waals surface area (Å²) in [5.74, 6) is 0. The van der Waals surface area contributed by atoms with Gasteiger partial charge in [-0.05, 0) is 29.3 Å². The van der Waals surface area contributed by atoms with Crippen LogP contribution in [0, 0.1) is 11.3 Å². The predicted octanol–water partition coefficient (Wildman–Crippen LogP) is 3.45. The molecule has 1 atom stereocenters. The number of aromatic nitrogens is 1. The lowest BCUT2D eigenvalue weighted by Gasteiger charge is -2.17. The fraction of sp³-hybridized carbons (Fsp3) is 0.200. The van der Waals surface area contributed by atoms with E-state index in [2.05, 4.69) is 10.3 Å². The molecular formula is C15H12F3N3. The van der Waals surface area contributed by atoms with Crippen molar-refractivity contribution < 1.29 is 13.2 Å². The van der Waals surface area contributed by atoms with Crippen molar-refractivity contribution in [1.82, 2.24) is 10.3 Å². The lowest BCUT2D eigenvalue weighted by Crippen LogP contribution is -2.22. The lowest BCUT2D eigenvalue weighted by atomic mass is 10.0. The number of nitrogens with one attached hydrogen (secondary N) is 1. The highest BCUT2D eigenvalue weighted by Gasteiger charge is 2.34. The van der Waals surface area contributed by atoms with Crippen LogP contribution in [0.15, 0.2) is 48.8 Å². The highest BCUT2D eigenvalue weighted by atomic mass is 19.4. The summed E-state index contributed by atoms with van der Waals surface area (Å²) in [5, 5.41) is 12.0. The average molecular weight is 291 g/mol. The van der Waals surface area contributed by atoms with E-state index < -0.39 is 17.8 Å². The normalized spacial score (nSPS) is 12.7. The van der Waals surface area contributed by atoms with Gasteiger partial charge in [-0.3, -0.25) is 10.3 Å². The molecule has 1 aromatic heterocycles. The van der Waals surface area contributed by atoms with E-state index in [1.54, 1.807) is 24.5 Å². The molecule has 6 heteroatoms. The van der Waals surface area contributed by atoms with E-state index in [0.717, 1.165) is 11.6 Å². The van der Waals surface area contributed by atoms with Crippen molar-refractivity contribution in [3.05, 3.63) is 65.5 Å². The molecule has 0 bridgehead atoms. The zero-order valence-electron chi connectivity index (χ0n) is 10.9. The average Bonchev–Trinajstić information content (AvgIpc) is 2.48. The van der Waals surface area contributed by atoms with Crippen molar-refractivity contribution in [2.75, 3.05) is 0 Å². The molecule has 0 amide bonds. The van der Waals surface area contributed by atoms with E-state index in [0.29, 0.717) is 0 Å². The number of alkyl halides is 3. The molecule has 1 aromatic carbocycles. The SMILES string of the molecule is N#CC(NCc1ccncc1)c1ccccc1C(F)(F)F. The van der Waals surface area contributed by atoms with Crippen LogP contribution >= 0.6 is 0 Å². The summed E-state index contributed by atoms with van der Waals surface area (Å²) in [7, 11) is 0. The van der Waals surface area contributed by atoms with Crippen LogP contribution in [0.3, 0.4) is 0 Å². The second kappa shape index (κ2) is 6.37. The fourth-order valence-corrected chi connectivity index (χ4v) is 1.95. The summed E-state index contributed by atoms with van der Waals surface area (Å²) in [6.45, 7) is 0.285. The molecule has 0 aliphatic heterocycles. The molecule has 0 saturated heterocycles. The monoisotopic (exact) mass is 291 g/mol. The maximum Gasteiger partial charge on any atom is 0.416 e. The van der Waals surface area contributed by atoms with Gasteiger partial charge in [0.15, 0.2) is 0 Å². The Morgan fingerprint density at radius 1 is 1.14 bits per heavy atom. The van der Waals surface area contributed by atoms with Crippen molar-refractivity contribution in [3.8, 4) is 6.07 Å². The first-order valence-corrected chi connectivity index (χ1v) is 6.20. The molecule has 0 radical (unpaired) electrons. The molecule has 0 aliphatic rings. The third-order valence-corrected chi connectivity index (χ3v) is 2.97. The van der Waals surface area contributed by atoms with Gasteiger partial charge >= 0.3 is 6.18 Å². The zero-order valence-corrected chi connectivity index (χ0v) is 10.9. The Hall–Kier alpha value is -2.39. The molecule has 0 fully saturated rings. The van der Waals surface area contributed by atoms with Gasteiger partial charge in [0.2, 0.25) is 0 Å². The smallest absolute Gasteiger partial charge is 0.294 e. The molecule has 0 saturated carbocycles. The summed E-state index contributed by atoms with van der Waals surface area (Å²) in [6, 6.07) is 9.40. The quantitative estimate of drug-likeness (QED) is 0.938. The van der Waals surface area contributed by atoms with Crippen LogP contribution < -0.4 is 5.32 Å². The molecule has 0 spiro atoms. The van der Waals surface area contributed by atoms with Gasteiger partial charge in [0.25, 0.3) is 0 Å². The highest BCUT2D eigenvalue weighted by Crippen LogP contribution is 2.34. The van der Waals surface area contributed by atoms with Gasteiger partial charge in [0, 0.05) is 18.9 Å². The summed E-state index contributed by atoms with van der Waals surface area (Å²) in [6.07, 6.45) is -1.31. The standard InChI is InChI=1S/C15H12F3N3/c16-15(17,18)13-4-2-1-3-12(13)14(9-19)21-10-11-5-7-20-8-6-11/h1-8,14,21H,10H2. The lowest BCUT2D eigenvalue weighted by molar-refractivity contribution is -0.138. The van der Waals surface area contributed by atoms with Crippen LogP contribution in [0.25, 0.3) is 0 Å². The highest BCUT2D eigenvalue weighted by molar-refractivity contribution is 5.35. The Kier molecular flexibility index (Phi) is 4.55. The largest absolute Gasteiger partial charge is 0.416 e. The number of hydrogen-bond donors (Lipinski definition) is 1. The molecule has 1 unspecified atom stereocenters. The number of benzene rings is 1. The Bertz CT molecular complexity index is 633. The molecule has 1 N–H and O–H groups in total.